The van der Waals surface area contributed by atoms with Crippen LogP contribution in [0.25, 0.3) is 0 Å². The van der Waals surface area contributed by atoms with Crippen LogP contribution in [0.2, 0.25) is 0 Å². The van der Waals surface area contributed by atoms with E-state index in [1.165, 1.54) is 250 Å². The topological polar surface area (TPSA) is 27.7 Å². The van der Waals surface area contributed by atoms with E-state index < -0.39 is 9.53 Å². The van der Waals surface area contributed by atoms with Crippen molar-refractivity contribution in [3.8, 4) is 0 Å². The van der Waals surface area contributed by atoms with Gasteiger partial charge in [-0.05, 0) is 19.3 Å². The van der Waals surface area contributed by atoms with Gasteiger partial charge < -0.3 is 13.3 Å². The van der Waals surface area contributed by atoms with Crippen molar-refractivity contribution in [2.45, 2.75) is 290 Å². The fraction of sp³-hybridized carbons (Fsp3) is 1.00. The van der Waals surface area contributed by atoms with Crippen LogP contribution in [0.1, 0.15) is 290 Å². The van der Waals surface area contributed by atoms with Crippen LogP contribution in [0.5, 0.6) is 0 Å². The Balaban J connectivity index is 3.94. The van der Waals surface area contributed by atoms with Crippen molar-refractivity contribution in [1.29, 1.82) is 0 Å². The van der Waals surface area contributed by atoms with E-state index in [4.69, 9.17) is 13.3 Å². The molecule has 0 aliphatic rings. The van der Waals surface area contributed by atoms with Crippen LogP contribution in [0, 0.1) is 0 Å². The van der Waals surface area contributed by atoms with Gasteiger partial charge in [-0.2, -0.15) is 0 Å². The van der Waals surface area contributed by atoms with E-state index in [0.29, 0.717) is 0 Å². The molecule has 0 N–H and O–H groups in total. The zero-order valence-corrected chi connectivity index (χ0v) is 37.8. The van der Waals surface area contributed by atoms with Gasteiger partial charge in [0.25, 0.3) is 0 Å². The first kappa shape index (κ1) is 52.1. The molecule has 52 heavy (non-hydrogen) atoms. The maximum atomic E-state index is 6.28. The predicted octanol–water partition coefficient (Wildman–Crippen LogP) is 17.2. The van der Waals surface area contributed by atoms with Gasteiger partial charge in [0.1, 0.15) is 0 Å². The smallest absolute Gasteiger partial charge is 0.376 e. The van der Waals surface area contributed by atoms with Gasteiger partial charge in [0, 0.05) is 19.8 Å². The Hall–Kier alpha value is 0.0969. The number of hydrogen-bond acceptors (Lipinski definition) is 3. The SMILES string of the molecule is CCCCCCCCCCCCCCCCO[SiH](OCCCCCCCCCCCCCCCC)OCCCCCCCCCCCCCCCC. The summed E-state index contributed by atoms with van der Waals surface area (Å²) in [5.41, 5.74) is 0. The Labute approximate surface area is 332 Å². The van der Waals surface area contributed by atoms with Crippen molar-refractivity contribution >= 4 is 9.53 Å². The van der Waals surface area contributed by atoms with E-state index in [-0.39, 0.29) is 0 Å². The minimum atomic E-state index is -2.01. The van der Waals surface area contributed by atoms with Crippen LogP contribution in [-0.2, 0) is 13.3 Å². The number of unbranched alkanes of at least 4 members (excludes halogenated alkanes) is 39. The molecule has 0 unspecified atom stereocenters. The molecule has 3 nitrogen and oxygen atoms in total. The molecule has 0 aliphatic heterocycles. The monoisotopic (exact) mass is 753 g/mol. The molecule has 0 aromatic carbocycles. The molecule has 0 aromatic rings. The predicted molar refractivity (Wildman–Crippen MR) is 236 cm³/mol. The maximum Gasteiger partial charge on any atom is 0.484 e. The quantitative estimate of drug-likeness (QED) is 0.0457. The first-order chi connectivity index (χ1) is 25.8. The first-order valence-corrected chi connectivity index (χ1v) is 26.1. The molecule has 0 saturated heterocycles. The average molecular weight is 753 g/mol. The van der Waals surface area contributed by atoms with Gasteiger partial charge >= 0.3 is 9.53 Å². The third kappa shape index (κ3) is 46.3. The molecule has 0 aliphatic carbocycles. The first-order valence-electron chi connectivity index (χ1n) is 24.7. The van der Waals surface area contributed by atoms with Crippen molar-refractivity contribution in [3.63, 3.8) is 0 Å². The number of rotatable bonds is 48. The minimum Gasteiger partial charge on any atom is -0.376 e. The summed E-state index contributed by atoms with van der Waals surface area (Å²) < 4.78 is 18.8. The summed E-state index contributed by atoms with van der Waals surface area (Å²) >= 11 is 0. The molecule has 0 spiro atoms. The zero-order chi connectivity index (χ0) is 37.5. The summed E-state index contributed by atoms with van der Waals surface area (Å²) in [5.74, 6) is 0. The summed E-state index contributed by atoms with van der Waals surface area (Å²) in [6, 6.07) is 0. The maximum absolute atomic E-state index is 6.28. The Morgan fingerprint density at radius 1 is 0.192 bits per heavy atom. The van der Waals surface area contributed by atoms with Crippen LogP contribution in [-0.4, -0.2) is 29.3 Å². The van der Waals surface area contributed by atoms with Gasteiger partial charge in [0.15, 0.2) is 0 Å². The highest BCUT2D eigenvalue weighted by Gasteiger charge is 2.15. The molecular weight excluding hydrogens is 653 g/mol. The molecular formula is C48H100O3Si. The molecule has 0 rings (SSSR count). The second-order valence-electron chi connectivity index (χ2n) is 16.7. The fourth-order valence-electron chi connectivity index (χ4n) is 7.57. The Bertz CT molecular complexity index is 521. The fourth-order valence-corrected chi connectivity index (χ4v) is 8.94. The second-order valence-corrected chi connectivity index (χ2v) is 18.3. The van der Waals surface area contributed by atoms with Gasteiger partial charge in [-0.15, -0.1) is 0 Å². The Morgan fingerprint density at radius 2 is 0.327 bits per heavy atom. The van der Waals surface area contributed by atoms with E-state index in [2.05, 4.69) is 20.8 Å². The van der Waals surface area contributed by atoms with Gasteiger partial charge in [0.2, 0.25) is 0 Å². The highest BCUT2D eigenvalue weighted by Crippen LogP contribution is 2.16. The average Bonchev–Trinajstić information content (AvgIpc) is 3.15. The molecule has 0 saturated carbocycles. The molecule has 0 radical (unpaired) electrons. The lowest BCUT2D eigenvalue weighted by molar-refractivity contribution is 0.0885. The Kier molecular flexibility index (Phi) is 49.2. The van der Waals surface area contributed by atoms with Crippen molar-refractivity contribution in [3.05, 3.63) is 0 Å². The molecule has 0 heterocycles. The molecule has 4 heteroatoms. The van der Waals surface area contributed by atoms with E-state index in [1.807, 2.05) is 0 Å². The summed E-state index contributed by atoms with van der Waals surface area (Å²) in [6.45, 7) is 9.39. The van der Waals surface area contributed by atoms with Crippen molar-refractivity contribution in [2.75, 3.05) is 19.8 Å². The van der Waals surface area contributed by atoms with Gasteiger partial charge in [-0.1, -0.05) is 271 Å². The van der Waals surface area contributed by atoms with Crippen LogP contribution >= 0.6 is 0 Å². The van der Waals surface area contributed by atoms with Gasteiger partial charge in [-0.3, -0.25) is 0 Å². The summed E-state index contributed by atoms with van der Waals surface area (Å²) in [6.07, 6.45) is 58.5. The standard InChI is InChI=1S/C48H100O3Si/c1-4-7-10-13-16-19-22-25-28-31-34-37-40-43-46-49-52(50-47-44-41-38-35-32-29-26-23-20-17-14-11-8-5-2)51-48-45-42-39-36-33-30-27-24-21-18-15-12-9-6-3/h52H,4-48H2,1-3H3. The summed E-state index contributed by atoms with van der Waals surface area (Å²) in [7, 11) is -2.01. The minimum absolute atomic E-state index is 0.826. The lowest BCUT2D eigenvalue weighted by Crippen LogP contribution is -2.28. The normalized spacial score (nSPS) is 11.8. The highest BCUT2D eigenvalue weighted by atomic mass is 28.3. The molecule has 0 aromatic heterocycles. The molecule has 314 valence electrons. The van der Waals surface area contributed by atoms with Crippen molar-refractivity contribution in [1.82, 2.24) is 0 Å². The zero-order valence-electron chi connectivity index (χ0n) is 36.6. The Morgan fingerprint density at radius 3 is 0.481 bits per heavy atom. The van der Waals surface area contributed by atoms with Crippen molar-refractivity contribution in [2.24, 2.45) is 0 Å². The van der Waals surface area contributed by atoms with E-state index in [9.17, 15) is 0 Å². The van der Waals surface area contributed by atoms with E-state index in [1.54, 1.807) is 0 Å². The largest absolute Gasteiger partial charge is 0.484 e. The lowest BCUT2D eigenvalue weighted by Gasteiger charge is -2.17. The summed E-state index contributed by atoms with van der Waals surface area (Å²) in [5, 5.41) is 0. The van der Waals surface area contributed by atoms with E-state index in [0.717, 1.165) is 39.1 Å². The van der Waals surface area contributed by atoms with Crippen molar-refractivity contribution < 1.29 is 13.3 Å². The molecule has 0 bridgehead atoms. The number of hydrogen-bond donors (Lipinski definition) is 0. The van der Waals surface area contributed by atoms with Gasteiger partial charge in [-0.25, -0.2) is 0 Å². The third-order valence-electron chi connectivity index (χ3n) is 11.3. The van der Waals surface area contributed by atoms with Gasteiger partial charge in [0.05, 0.1) is 0 Å². The molecule has 0 amide bonds. The second kappa shape index (κ2) is 49.1. The molecule has 0 atom stereocenters. The third-order valence-corrected chi connectivity index (χ3v) is 12.8. The van der Waals surface area contributed by atoms with Crippen LogP contribution < -0.4 is 0 Å². The van der Waals surface area contributed by atoms with Crippen LogP contribution in [0.4, 0.5) is 0 Å². The van der Waals surface area contributed by atoms with E-state index >= 15 is 0 Å². The van der Waals surface area contributed by atoms with Crippen LogP contribution in [0.15, 0.2) is 0 Å². The lowest BCUT2D eigenvalue weighted by atomic mass is 10.0. The molecule has 0 fully saturated rings. The highest BCUT2D eigenvalue weighted by molar-refractivity contribution is 6.36. The van der Waals surface area contributed by atoms with Crippen LogP contribution in [0.3, 0.4) is 0 Å². The summed E-state index contributed by atoms with van der Waals surface area (Å²) in [4.78, 5) is 0.